The Morgan fingerprint density at radius 3 is 2.59 bits per heavy atom. The number of nitrogens with two attached hydrogens (primary N) is 1. The van der Waals surface area contributed by atoms with E-state index in [-0.39, 0.29) is 11.4 Å². The molecule has 22 heavy (non-hydrogen) atoms. The molecule has 3 aromatic rings. The maximum atomic E-state index is 13.0. The van der Waals surface area contributed by atoms with Crippen LogP contribution in [0.1, 0.15) is 0 Å². The minimum absolute atomic E-state index is 0.152. The fourth-order valence-electron chi connectivity index (χ4n) is 2.26. The molecule has 0 radical (unpaired) electrons. The first-order valence-electron chi connectivity index (χ1n) is 6.91. The van der Waals surface area contributed by atoms with E-state index in [0.29, 0.717) is 35.6 Å². The third kappa shape index (κ3) is 2.68. The molecule has 1 heterocycles. The first-order valence-corrected chi connectivity index (χ1v) is 6.91. The molecule has 112 valence electrons. The summed E-state index contributed by atoms with van der Waals surface area (Å²) < 4.78 is 14.5. The quantitative estimate of drug-likeness (QED) is 0.775. The Morgan fingerprint density at radius 1 is 1.14 bits per heavy atom. The van der Waals surface area contributed by atoms with Crippen molar-refractivity contribution in [3.8, 4) is 0 Å². The van der Waals surface area contributed by atoms with Crippen LogP contribution < -0.4 is 16.6 Å². The second kappa shape index (κ2) is 5.95. The third-order valence-electron chi connectivity index (χ3n) is 3.31. The maximum Gasteiger partial charge on any atom is 0.262 e. The Balaban J connectivity index is 2.12. The summed E-state index contributed by atoms with van der Waals surface area (Å²) in [5, 5.41) is 3.59. The zero-order valence-electron chi connectivity index (χ0n) is 11.8. The van der Waals surface area contributed by atoms with Crippen LogP contribution in [0.5, 0.6) is 0 Å². The second-order valence-electron chi connectivity index (χ2n) is 4.83. The SMILES string of the molecule is NCCn1c(Nc2ccc(F)cc2)nc2ccccc2c1=O. The molecule has 2 aromatic carbocycles. The van der Waals surface area contributed by atoms with Crippen molar-refractivity contribution in [2.75, 3.05) is 11.9 Å². The average molecular weight is 298 g/mol. The van der Waals surface area contributed by atoms with Gasteiger partial charge in [-0.25, -0.2) is 9.37 Å². The van der Waals surface area contributed by atoms with Gasteiger partial charge in [0, 0.05) is 18.8 Å². The lowest BCUT2D eigenvalue weighted by atomic mass is 10.2. The predicted molar refractivity (Wildman–Crippen MR) is 84.7 cm³/mol. The molecule has 0 amide bonds. The predicted octanol–water partition coefficient (Wildman–Crippen LogP) is 2.24. The van der Waals surface area contributed by atoms with Crippen LogP contribution in [-0.2, 0) is 6.54 Å². The van der Waals surface area contributed by atoms with Crippen LogP contribution in [0.15, 0.2) is 53.3 Å². The zero-order valence-corrected chi connectivity index (χ0v) is 11.8. The standard InChI is InChI=1S/C16H15FN4O/c17-11-5-7-12(8-6-11)19-16-20-14-4-2-1-3-13(14)15(22)21(16)10-9-18/h1-8H,9-10,18H2,(H,19,20). The van der Waals surface area contributed by atoms with E-state index in [0.717, 1.165) is 0 Å². The van der Waals surface area contributed by atoms with E-state index in [1.54, 1.807) is 30.3 Å². The van der Waals surface area contributed by atoms with Crippen molar-refractivity contribution in [1.29, 1.82) is 0 Å². The highest BCUT2D eigenvalue weighted by Crippen LogP contribution is 2.17. The minimum atomic E-state index is -0.323. The normalized spacial score (nSPS) is 10.8. The monoisotopic (exact) mass is 298 g/mol. The number of fused-ring (bicyclic) bond motifs is 1. The van der Waals surface area contributed by atoms with Gasteiger partial charge in [0.25, 0.3) is 5.56 Å². The molecule has 0 fully saturated rings. The Kier molecular flexibility index (Phi) is 3.84. The Bertz CT molecular complexity index is 858. The Labute approximate surface area is 126 Å². The topological polar surface area (TPSA) is 72.9 Å². The van der Waals surface area contributed by atoms with Gasteiger partial charge in [0.1, 0.15) is 5.82 Å². The van der Waals surface area contributed by atoms with E-state index in [9.17, 15) is 9.18 Å². The summed E-state index contributed by atoms with van der Waals surface area (Å²) in [7, 11) is 0. The Hall–Kier alpha value is -2.73. The number of aromatic nitrogens is 2. The summed E-state index contributed by atoms with van der Waals surface area (Å²) in [6.07, 6.45) is 0. The van der Waals surface area contributed by atoms with Crippen LogP contribution in [0.3, 0.4) is 0 Å². The van der Waals surface area contributed by atoms with Crippen molar-refractivity contribution < 1.29 is 4.39 Å². The zero-order chi connectivity index (χ0) is 15.5. The number of nitrogens with zero attached hydrogens (tertiary/aromatic N) is 2. The van der Waals surface area contributed by atoms with Crippen LogP contribution in [0.2, 0.25) is 0 Å². The van der Waals surface area contributed by atoms with E-state index in [1.165, 1.54) is 16.7 Å². The fraction of sp³-hybridized carbons (Fsp3) is 0.125. The molecule has 6 heteroatoms. The molecule has 1 aromatic heterocycles. The van der Waals surface area contributed by atoms with Crippen molar-refractivity contribution in [3.05, 3.63) is 64.7 Å². The van der Waals surface area contributed by atoms with Gasteiger partial charge in [0.05, 0.1) is 10.9 Å². The van der Waals surface area contributed by atoms with Gasteiger partial charge in [-0.05, 0) is 36.4 Å². The summed E-state index contributed by atoms with van der Waals surface area (Å²) in [6.45, 7) is 0.665. The Morgan fingerprint density at radius 2 is 1.86 bits per heavy atom. The molecule has 0 saturated carbocycles. The van der Waals surface area contributed by atoms with E-state index >= 15 is 0 Å². The van der Waals surface area contributed by atoms with Crippen LogP contribution in [0.25, 0.3) is 10.9 Å². The summed E-state index contributed by atoms with van der Waals surface area (Å²) in [4.78, 5) is 17.0. The summed E-state index contributed by atoms with van der Waals surface area (Å²) in [6, 6.07) is 13.0. The molecule has 0 aliphatic carbocycles. The largest absolute Gasteiger partial charge is 0.329 e. The molecule has 0 aliphatic heterocycles. The lowest BCUT2D eigenvalue weighted by Gasteiger charge is -2.14. The van der Waals surface area contributed by atoms with Gasteiger partial charge in [-0.1, -0.05) is 12.1 Å². The van der Waals surface area contributed by atoms with Crippen LogP contribution in [0.4, 0.5) is 16.0 Å². The molecule has 0 atom stereocenters. The first-order chi connectivity index (χ1) is 10.7. The van der Waals surface area contributed by atoms with E-state index in [2.05, 4.69) is 10.3 Å². The molecule has 5 nitrogen and oxygen atoms in total. The summed E-state index contributed by atoms with van der Waals surface area (Å²) in [5.41, 5.74) is 6.69. The van der Waals surface area contributed by atoms with Crippen molar-refractivity contribution in [1.82, 2.24) is 9.55 Å². The molecular formula is C16H15FN4O. The van der Waals surface area contributed by atoms with Crippen LogP contribution in [0, 0.1) is 5.82 Å². The van der Waals surface area contributed by atoms with Gasteiger partial charge >= 0.3 is 0 Å². The number of hydrogen-bond acceptors (Lipinski definition) is 4. The average Bonchev–Trinajstić information content (AvgIpc) is 2.53. The number of para-hydroxylation sites is 1. The fourth-order valence-corrected chi connectivity index (χ4v) is 2.26. The lowest BCUT2D eigenvalue weighted by Crippen LogP contribution is -2.27. The van der Waals surface area contributed by atoms with Crippen molar-refractivity contribution in [2.45, 2.75) is 6.54 Å². The van der Waals surface area contributed by atoms with E-state index < -0.39 is 0 Å². The summed E-state index contributed by atoms with van der Waals surface area (Å²) >= 11 is 0. The highest BCUT2D eigenvalue weighted by molar-refractivity contribution is 5.79. The highest BCUT2D eigenvalue weighted by atomic mass is 19.1. The van der Waals surface area contributed by atoms with E-state index in [4.69, 9.17) is 5.73 Å². The first kappa shape index (κ1) is 14.2. The van der Waals surface area contributed by atoms with Crippen molar-refractivity contribution >= 4 is 22.5 Å². The van der Waals surface area contributed by atoms with Gasteiger partial charge < -0.3 is 11.1 Å². The molecule has 3 N–H and O–H groups in total. The maximum absolute atomic E-state index is 13.0. The summed E-state index contributed by atoms with van der Waals surface area (Å²) in [5.74, 6) is 0.0668. The van der Waals surface area contributed by atoms with Crippen molar-refractivity contribution in [2.24, 2.45) is 5.73 Å². The molecule has 0 bridgehead atoms. The lowest BCUT2D eigenvalue weighted by molar-refractivity contribution is 0.628. The highest BCUT2D eigenvalue weighted by Gasteiger charge is 2.10. The van der Waals surface area contributed by atoms with Gasteiger partial charge in [0.15, 0.2) is 0 Å². The van der Waals surface area contributed by atoms with Gasteiger partial charge in [-0.15, -0.1) is 0 Å². The van der Waals surface area contributed by atoms with Crippen molar-refractivity contribution in [3.63, 3.8) is 0 Å². The number of halogens is 1. The third-order valence-corrected chi connectivity index (χ3v) is 3.31. The van der Waals surface area contributed by atoms with Gasteiger partial charge in [0.2, 0.25) is 5.95 Å². The molecule has 0 aliphatic rings. The number of benzene rings is 2. The smallest absolute Gasteiger partial charge is 0.262 e. The molecule has 0 spiro atoms. The number of rotatable bonds is 4. The van der Waals surface area contributed by atoms with Crippen LogP contribution in [-0.4, -0.2) is 16.1 Å². The molecule has 0 saturated heterocycles. The second-order valence-corrected chi connectivity index (χ2v) is 4.83. The number of nitrogens with one attached hydrogen (secondary N) is 1. The molecular weight excluding hydrogens is 283 g/mol. The van der Waals surface area contributed by atoms with Gasteiger partial charge in [-0.2, -0.15) is 0 Å². The number of hydrogen-bond donors (Lipinski definition) is 2. The number of anilines is 2. The molecule has 3 rings (SSSR count). The van der Waals surface area contributed by atoms with Crippen LogP contribution >= 0.6 is 0 Å². The van der Waals surface area contributed by atoms with Gasteiger partial charge in [-0.3, -0.25) is 9.36 Å². The molecule has 0 unspecified atom stereocenters. The minimum Gasteiger partial charge on any atom is -0.329 e. The van der Waals surface area contributed by atoms with E-state index in [1.807, 2.05) is 6.07 Å².